The van der Waals surface area contributed by atoms with Gasteiger partial charge in [0.2, 0.25) is 0 Å². The lowest BCUT2D eigenvalue weighted by Crippen LogP contribution is -2.21. The molecule has 0 nitrogen and oxygen atoms in total. The maximum atomic E-state index is 12.7. The Morgan fingerprint density at radius 2 is 1.93 bits per heavy atom. The fraction of sp³-hybridized carbons (Fsp3) is 0.500. The molecule has 1 aliphatic rings. The number of hydrogen-bond acceptors (Lipinski definition) is 0. The minimum atomic E-state index is -0.143. The third kappa shape index (κ3) is 2.00. The van der Waals surface area contributed by atoms with E-state index in [0.717, 1.165) is 11.2 Å². The largest absolute Gasteiger partial charge is 0.207 e. The molecule has 0 aliphatic heterocycles. The summed E-state index contributed by atoms with van der Waals surface area (Å²) in [6.07, 6.45) is 4.01. The zero-order chi connectivity index (χ0) is 9.97. The second-order valence-electron chi connectivity index (χ2n) is 4.00. The van der Waals surface area contributed by atoms with Crippen molar-refractivity contribution in [2.75, 3.05) is 5.33 Å². The molecule has 0 bridgehead atoms. The number of hydrogen-bond donors (Lipinski definition) is 0. The predicted octanol–water partition coefficient (Wildman–Crippen LogP) is 4.10. The lowest BCUT2D eigenvalue weighted by Gasteiger charge is -2.33. The summed E-state index contributed by atoms with van der Waals surface area (Å²) in [5.41, 5.74) is 1.27. The van der Waals surface area contributed by atoms with Crippen molar-refractivity contribution < 1.29 is 4.39 Å². The number of halogens is 2. The van der Waals surface area contributed by atoms with Crippen LogP contribution in [0.1, 0.15) is 30.7 Å². The van der Waals surface area contributed by atoms with Crippen LogP contribution in [0.2, 0.25) is 0 Å². The minimum Gasteiger partial charge on any atom is -0.207 e. The van der Waals surface area contributed by atoms with E-state index in [2.05, 4.69) is 15.9 Å². The molecule has 76 valence electrons. The van der Waals surface area contributed by atoms with Gasteiger partial charge in [-0.2, -0.15) is 0 Å². The van der Waals surface area contributed by atoms with Crippen molar-refractivity contribution in [3.05, 3.63) is 35.6 Å². The van der Waals surface area contributed by atoms with Crippen molar-refractivity contribution in [1.29, 1.82) is 0 Å². The van der Waals surface area contributed by atoms with Crippen LogP contribution in [-0.4, -0.2) is 5.33 Å². The third-order valence-corrected chi connectivity index (χ3v) is 3.88. The first kappa shape index (κ1) is 10.2. The van der Waals surface area contributed by atoms with Gasteiger partial charge >= 0.3 is 0 Å². The van der Waals surface area contributed by atoms with Gasteiger partial charge in [0.15, 0.2) is 0 Å². The van der Waals surface area contributed by atoms with Crippen molar-refractivity contribution in [1.82, 2.24) is 0 Å². The first-order valence-electron chi connectivity index (χ1n) is 5.12. The molecule has 1 aromatic carbocycles. The van der Waals surface area contributed by atoms with Crippen LogP contribution in [0.15, 0.2) is 24.3 Å². The average molecular weight is 257 g/mol. The molecule has 0 radical (unpaired) electrons. The third-order valence-electron chi connectivity index (χ3n) is 3.18. The monoisotopic (exact) mass is 256 g/mol. The lowest BCUT2D eigenvalue weighted by molar-refractivity contribution is 0.275. The van der Waals surface area contributed by atoms with Crippen LogP contribution in [-0.2, 0) is 0 Å². The Hall–Kier alpha value is -0.370. The van der Waals surface area contributed by atoms with E-state index in [9.17, 15) is 4.39 Å². The van der Waals surface area contributed by atoms with Gasteiger partial charge in [-0.25, -0.2) is 4.39 Å². The molecule has 2 heteroatoms. The van der Waals surface area contributed by atoms with Crippen molar-refractivity contribution >= 4 is 15.9 Å². The summed E-state index contributed by atoms with van der Waals surface area (Å²) in [5.74, 6) is 1.24. The summed E-state index contributed by atoms with van der Waals surface area (Å²) in [5, 5.41) is 0.989. The van der Waals surface area contributed by atoms with Gasteiger partial charge in [-0.15, -0.1) is 0 Å². The Balaban J connectivity index is 2.14. The fourth-order valence-corrected chi connectivity index (χ4v) is 2.94. The van der Waals surface area contributed by atoms with Crippen LogP contribution >= 0.6 is 15.9 Å². The summed E-state index contributed by atoms with van der Waals surface area (Å²) in [6.45, 7) is 0. The smallest absolute Gasteiger partial charge is 0.123 e. The molecule has 0 spiro atoms. The topological polar surface area (TPSA) is 0 Å². The average Bonchev–Trinajstić information content (AvgIpc) is 2.13. The molecular formula is C12H14BrF. The van der Waals surface area contributed by atoms with Crippen LogP contribution in [0.4, 0.5) is 4.39 Å². The van der Waals surface area contributed by atoms with E-state index < -0.39 is 0 Å². The molecule has 1 aliphatic carbocycles. The van der Waals surface area contributed by atoms with Crippen LogP contribution in [0, 0.1) is 11.7 Å². The van der Waals surface area contributed by atoms with Gasteiger partial charge in [0.05, 0.1) is 0 Å². The van der Waals surface area contributed by atoms with Gasteiger partial charge in [0.1, 0.15) is 5.82 Å². The summed E-state index contributed by atoms with van der Waals surface area (Å²) in [4.78, 5) is 0. The standard InChI is InChI=1S/C12H14BrF/c13-8-12(9-2-1-3-9)10-4-6-11(14)7-5-10/h4-7,9,12H,1-3,8H2. The maximum Gasteiger partial charge on any atom is 0.123 e. The minimum absolute atomic E-state index is 0.143. The lowest BCUT2D eigenvalue weighted by atomic mass is 9.74. The second-order valence-corrected chi connectivity index (χ2v) is 4.65. The normalized spacial score (nSPS) is 19.0. The maximum absolute atomic E-state index is 12.7. The highest BCUT2D eigenvalue weighted by Crippen LogP contribution is 2.40. The van der Waals surface area contributed by atoms with Gasteiger partial charge < -0.3 is 0 Å². The molecule has 0 aromatic heterocycles. The molecule has 1 fully saturated rings. The van der Waals surface area contributed by atoms with Gasteiger partial charge in [0, 0.05) is 5.33 Å². The molecule has 0 N–H and O–H groups in total. The Morgan fingerprint density at radius 1 is 1.29 bits per heavy atom. The van der Waals surface area contributed by atoms with Crippen LogP contribution in [0.5, 0.6) is 0 Å². The van der Waals surface area contributed by atoms with Crippen LogP contribution in [0.25, 0.3) is 0 Å². The van der Waals surface area contributed by atoms with Crippen molar-refractivity contribution in [3.8, 4) is 0 Å². The molecule has 1 unspecified atom stereocenters. The number of rotatable bonds is 3. The van der Waals surface area contributed by atoms with E-state index in [1.54, 1.807) is 12.1 Å². The summed E-state index contributed by atoms with van der Waals surface area (Å²) in [7, 11) is 0. The van der Waals surface area contributed by atoms with Gasteiger partial charge in [-0.05, 0) is 42.4 Å². The highest BCUT2D eigenvalue weighted by molar-refractivity contribution is 9.09. The molecular weight excluding hydrogens is 243 g/mol. The predicted molar refractivity (Wildman–Crippen MR) is 60.3 cm³/mol. The quantitative estimate of drug-likeness (QED) is 0.715. The van der Waals surface area contributed by atoms with Crippen molar-refractivity contribution in [3.63, 3.8) is 0 Å². The summed E-state index contributed by atoms with van der Waals surface area (Å²) >= 11 is 3.55. The molecule has 1 atom stereocenters. The van der Waals surface area contributed by atoms with Crippen molar-refractivity contribution in [2.45, 2.75) is 25.2 Å². The van der Waals surface area contributed by atoms with E-state index in [4.69, 9.17) is 0 Å². The zero-order valence-electron chi connectivity index (χ0n) is 8.05. The number of alkyl halides is 1. The second kappa shape index (κ2) is 4.43. The molecule has 0 heterocycles. The van der Waals surface area contributed by atoms with E-state index >= 15 is 0 Å². The highest BCUT2D eigenvalue weighted by atomic mass is 79.9. The molecule has 1 aromatic rings. The van der Waals surface area contributed by atoms with Gasteiger partial charge in [-0.1, -0.05) is 34.5 Å². The zero-order valence-corrected chi connectivity index (χ0v) is 9.63. The first-order valence-corrected chi connectivity index (χ1v) is 6.25. The molecule has 0 saturated heterocycles. The van der Waals surface area contributed by atoms with Gasteiger partial charge in [-0.3, -0.25) is 0 Å². The molecule has 1 saturated carbocycles. The van der Waals surface area contributed by atoms with Crippen molar-refractivity contribution in [2.24, 2.45) is 5.92 Å². The van der Waals surface area contributed by atoms with Crippen LogP contribution < -0.4 is 0 Å². The molecule has 2 rings (SSSR count). The first-order chi connectivity index (χ1) is 6.81. The Morgan fingerprint density at radius 3 is 2.36 bits per heavy atom. The highest BCUT2D eigenvalue weighted by Gasteiger charge is 2.27. The van der Waals surface area contributed by atoms with E-state index in [0.29, 0.717) is 5.92 Å². The summed E-state index contributed by atoms with van der Waals surface area (Å²) in [6, 6.07) is 6.95. The van der Waals surface area contributed by atoms with Gasteiger partial charge in [0.25, 0.3) is 0 Å². The van der Waals surface area contributed by atoms with E-state index in [1.807, 2.05) is 12.1 Å². The Kier molecular flexibility index (Phi) is 3.22. The summed E-state index contributed by atoms with van der Waals surface area (Å²) < 4.78 is 12.7. The Labute approximate surface area is 92.6 Å². The molecule has 0 amide bonds. The number of benzene rings is 1. The SMILES string of the molecule is Fc1ccc(C(CBr)C2CCC2)cc1. The molecule has 14 heavy (non-hydrogen) atoms. The fourth-order valence-electron chi connectivity index (χ4n) is 2.04. The van der Waals surface area contributed by atoms with E-state index in [-0.39, 0.29) is 5.82 Å². The van der Waals surface area contributed by atoms with E-state index in [1.165, 1.54) is 24.8 Å². The Bertz CT molecular complexity index is 290. The van der Waals surface area contributed by atoms with Crippen LogP contribution in [0.3, 0.4) is 0 Å².